The molecule has 1 fully saturated rings. The van der Waals surface area contributed by atoms with Crippen LogP contribution in [0.1, 0.15) is 37.4 Å². The molecule has 2 aliphatic rings. The highest BCUT2D eigenvalue weighted by atomic mass is 19.2. The molecule has 0 bridgehead atoms. The molecule has 2 aliphatic heterocycles. The number of benzene rings is 2. The molecule has 9 nitrogen and oxygen atoms in total. The van der Waals surface area contributed by atoms with Crippen molar-refractivity contribution in [1.29, 1.82) is 0 Å². The van der Waals surface area contributed by atoms with Crippen molar-refractivity contribution in [2.45, 2.75) is 39.2 Å². The Balaban J connectivity index is 1.78. The van der Waals surface area contributed by atoms with Gasteiger partial charge in [0, 0.05) is 38.4 Å². The number of halogens is 4. The van der Waals surface area contributed by atoms with Crippen LogP contribution in [0.25, 0.3) is 27.7 Å². The second kappa shape index (κ2) is 11.2. The largest absolute Gasteiger partial charge is 0.507 e. The number of aromatic hydroxyl groups is 1. The average Bonchev–Trinajstić information content (AvgIpc) is 3.00. The van der Waals surface area contributed by atoms with Gasteiger partial charge in [0.2, 0.25) is 5.91 Å². The number of aryl methyl sites for hydroxylation is 1. The minimum atomic E-state index is -1.66. The number of aromatic nitrogens is 3. The highest BCUT2D eigenvalue weighted by molar-refractivity contribution is 6.05. The number of phenols is 1. The number of carbonyl (C=O) groups is 1. The molecule has 2 N–H and O–H groups in total. The number of nitrogens with one attached hydrogen (secondary N) is 1. The lowest BCUT2D eigenvalue weighted by Gasteiger charge is -2.43. The molecule has 234 valence electrons. The molecule has 45 heavy (non-hydrogen) atoms. The zero-order valence-corrected chi connectivity index (χ0v) is 24.8. The monoisotopic (exact) mass is 622 g/mol. The maximum Gasteiger partial charge on any atom is 0.354 e. The normalized spacial score (nSPS) is 16.3. The fraction of sp³-hybridized carbons (Fsp3) is 0.312. The summed E-state index contributed by atoms with van der Waals surface area (Å²) in [5, 5.41) is 13.4. The summed E-state index contributed by atoms with van der Waals surface area (Å²) in [5.41, 5.74) is -2.55. The van der Waals surface area contributed by atoms with E-state index < -0.39 is 51.4 Å². The van der Waals surface area contributed by atoms with Crippen molar-refractivity contribution in [3.05, 3.63) is 82.1 Å². The molecule has 4 aromatic rings. The molecule has 4 heterocycles. The topological polar surface area (TPSA) is 104 Å². The van der Waals surface area contributed by atoms with E-state index in [9.17, 15) is 19.1 Å². The molecule has 0 saturated carbocycles. The maximum atomic E-state index is 17.1. The van der Waals surface area contributed by atoms with Crippen molar-refractivity contribution < 1.29 is 27.5 Å². The van der Waals surface area contributed by atoms with Crippen LogP contribution in [0.2, 0.25) is 0 Å². The molecular weight excluding hydrogens is 592 g/mol. The second-order valence-corrected chi connectivity index (χ2v) is 11.5. The van der Waals surface area contributed by atoms with Gasteiger partial charge in [0.25, 0.3) is 0 Å². The van der Waals surface area contributed by atoms with E-state index in [0.29, 0.717) is 23.7 Å². The molecule has 1 saturated heterocycles. The van der Waals surface area contributed by atoms with Crippen LogP contribution < -0.4 is 15.9 Å². The first-order valence-corrected chi connectivity index (χ1v) is 14.5. The van der Waals surface area contributed by atoms with Crippen LogP contribution in [-0.2, 0) is 4.79 Å². The Morgan fingerprint density at radius 2 is 1.87 bits per heavy atom. The summed E-state index contributed by atoms with van der Waals surface area (Å²) in [6, 6.07) is 2.69. The third-order valence-electron chi connectivity index (χ3n) is 8.46. The van der Waals surface area contributed by atoms with Gasteiger partial charge in [0.15, 0.2) is 23.3 Å². The molecule has 0 radical (unpaired) electrons. The van der Waals surface area contributed by atoms with Crippen LogP contribution in [-0.4, -0.2) is 62.7 Å². The summed E-state index contributed by atoms with van der Waals surface area (Å²) in [5.74, 6) is -7.21. The zero-order chi connectivity index (χ0) is 32.3. The van der Waals surface area contributed by atoms with Crippen molar-refractivity contribution in [2.24, 2.45) is 0 Å². The van der Waals surface area contributed by atoms with Crippen molar-refractivity contribution in [3.8, 4) is 22.6 Å². The van der Waals surface area contributed by atoms with Crippen LogP contribution in [0, 0.1) is 30.2 Å². The van der Waals surface area contributed by atoms with Gasteiger partial charge in [-0.05, 0) is 49.1 Å². The van der Waals surface area contributed by atoms with Gasteiger partial charge in [-0.25, -0.2) is 22.4 Å². The molecule has 13 heteroatoms. The number of piperazine rings is 1. The molecule has 0 spiro atoms. The molecule has 1 amide bonds. The number of nitrogens with zero attached hydrogens (tertiary/aromatic N) is 5. The van der Waals surface area contributed by atoms with Crippen LogP contribution in [0.3, 0.4) is 0 Å². The molecular formula is C32H30F4N6O3. The fourth-order valence-corrected chi connectivity index (χ4v) is 6.34. The van der Waals surface area contributed by atoms with Crippen LogP contribution >= 0.6 is 0 Å². The SMILES string of the molecule is C=CC(=O)N1CCN2c3nc(=O)n(-c4c(C)ccnc4C(C)C)c4c(F)c(-c5c(O)ccc(F)c5F)c(F)c(c34)NCCC2C1. The Labute approximate surface area is 255 Å². The van der Waals surface area contributed by atoms with E-state index in [4.69, 9.17) is 0 Å². The molecule has 0 aliphatic carbocycles. The second-order valence-electron chi connectivity index (χ2n) is 11.5. The van der Waals surface area contributed by atoms with Gasteiger partial charge >= 0.3 is 5.69 Å². The number of fused-ring (bicyclic) bond motifs is 2. The number of hydrogen-bond donors (Lipinski definition) is 2. The number of rotatable bonds is 4. The predicted molar refractivity (Wildman–Crippen MR) is 162 cm³/mol. The Morgan fingerprint density at radius 1 is 1.11 bits per heavy atom. The van der Waals surface area contributed by atoms with Gasteiger partial charge in [-0.2, -0.15) is 4.98 Å². The number of hydrogen-bond acceptors (Lipinski definition) is 7. The number of carbonyl (C=O) groups excluding carboxylic acids is 1. The Hall–Kier alpha value is -4.94. The van der Waals surface area contributed by atoms with Gasteiger partial charge < -0.3 is 20.2 Å². The lowest BCUT2D eigenvalue weighted by atomic mass is 9.96. The molecule has 1 atom stereocenters. The third kappa shape index (κ3) is 4.68. The van der Waals surface area contributed by atoms with E-state index >= 15 is 13.2 Å². The van der Waals surface area contributed by atoms with Crippen LogP contribution in [0.5, 0.6) is 5.75 Å². The summed E-state index contributed by atoms with van der Waals surface area (Å²) >= 11 is 0. The van der Waals surface area contributed by atoms with Gasteiger partial charge in [0.05, 0.1) is 33.6 Å². The fourth-order valence-electron chi connectivity index (χ4n) is 6.34. The highest BCUT2D eigenvalue weighted by Crippen LogP contribution is 2.46. The minimum absolute atomic E-state index is 0.0231. The Morgan fingerprint density at radius 3 is 2.58 bits per heavy atom. The summed E-state index contributed by atoms with van der Waals surface area (Å²) in [7, 11) is 0. The Kier molecular flexibility index (Phi) is 7.50. The van der Waals surface area contributed by atoms with E-state index in [1.54, 1.807) is 29.0 Å². The maximum absolute atomic E-state index is 17.1. The van der Waals surface area contributed by atoms with Gasteiger partial charge in [-0.15, -0.1) is 0 Å². The van der Waals surface area contributed by atoms with E-state index in [1.807, 2.05) is 13.8 Å². The van der Waals surface area contributed by atoms with Crippen molar-refractivity contribution >= 4 is 28.3 Å². The predicted octanol–water partition coefficient (Wildman–Crippen LogP) is 5.16. The molecule has 2 aromatic carbocycles. The molecule has 6 rings (SSSR count). The number of pyridine rings is 1. The van der Waals surface area contributed by atoms with Crippen molar-refractivity contribution in [3.63, 3.8) is 0 Å². The lowest BCUT2D eigenvalue weighted by molar-refractivity contribution is -0.126. The molecule has 1 unspecified atom stereocenters. The minimum Gasteiger partial charge on any atom is -0.507 e. The van der Waals surface area contributed by atoms with E-state index in [2.05, 4.69) is 21.9 Å². The van der Waals surface area contributed by atoms with Crippen LogP contribution in [0.4, 0.5) is 29.1 Å². The first-order chi connectivity index (χ1) is 21.5. The standard InChI is InChI=1S/C32H30F4N6O3/c1-5-20(44)40-12-13-41-17(14-40)9-11-38-28-23-30(26(36)22(25(28)35)21-19(43)7-6-18(33)24(21)34)42(32(45)39-31(23)41)29-16(4)8-10-37-27(29)15(2)3/h5-8,10,15,17,38,43H,1,9,11-14H2,2-4H3. The quantitative estimate of drug-likeness (QED) is 0.240. The Bertz CT molecular complexity index is 1960. The van der Waals surface area contributed by atoms with Gasteiger partial charge in [-0.3, -0.25) is 14.3 Å². The van der Waals surface area contributed by atoms with Crippen molar-refractivity contribution in [1.82, 2.24) is 19.4 Å². The molecule has 2 aromatic heterocycles. The summed E-state index contributed by atoms with van der Waals surface area (Å²) < 4.78 is 64.4. The van der Waals surface area contributed by atoms with E-state index in [-0.39, 0.29) is 66.6 Å². The summed E-state index contributed by atoms with van der Waals surface area (Å²) in [6.45, 7) is 9.74. The first kappa shape index (κ1) is 30.1. The third-order valence-corrected chi connectivity index (χ3v) is 8.46. The summed E-state index contributed by atoms with van der Waals surface area (Å²) in [4.78, 5) is 38.7. The lowest BCUT2D eigenvalue weighted by Crippen LogP contribution is -2.56. The number of phenolic OH excluding ortho intramolecular Hbond substituents is 1. The highest BCUT2D eigenvalue weighted by Gasteiger charge is 2.37. The smallest absolute Gasteiger partial charge is 0.354 e. The van der Waals surface area contributed by atoms with E-state index in [1.165, 1.54) is 6.08 Å². The van der Waals surface area contributed by atoms with Gasteiger partial charge in [0.1, 0.15) is 17.1 Å². The van der Waals surface area contributed by atoms with Crippen LogP contribution in [0.15, 0.2) is 41.8 Å². The van der Waals surface area contributed by atoms with E-state index in [0.717, 1.165) is 10.6 Å². The first-order valence-electron chi connectivity index (χ1n) is 14.5. The average molecular weight is 623 g/mol. The number of anilines is 2. The van der Waals surface area contributed by atoms with Crippen molar-refractivity contribution in [2.75, 3.05) is 36.4 Å². The summed E-state index contributed by atoms with van der Waals surface area (Å²) in [6.07, 6.45) is 3.11. The number of amides is 1. The zero-order valence-electron chi connectivity index (χ0n) is 24.8. The van der Waals surface area contributed by atoms with Gasteiger partial charge in [-0.1, -0.05) is 20.4 Å².